The first-order chi connectivity index (χ1) is 12.9. The standard InChI is InChI=1S/C18H18ClFN2O4S/c1-2-22(10-16(23)21-9-12-3-5-13(20)6-4-12)17(24)11-26-18(25)14-7-8-15(19)27-14/h3-8H,2,9-11H2,1H3,(H,21,23). The van der Waals surface area contributed by atoms with Crippen molar-refractivity contribution in [1.29, 1.82) is 0 Å². The van der Waals surface area contributed by atoms with Gasteiger partial charge in [-0.1, -0.05) is 23.7 Å². The number of benzene rings is 1. The van der Waals surface area contributed by atoms with Gasteiger partial charge >= 0.3 is 5.97 Å². The van der Waals surface area contributed by atoms with Crippen LogP contribution in [0.2, 0.25) is 4.34 Å². The van der Waals surface area contributed by atoms with Crippen LogP contribution in [0.15, 0.2) is 36.4 Å². The Balaban J connectivity index is 1.78. The SMILES string of the molecule is CCN(CC(=O)NCc1ccc(F)cc1)C(=O)COC(=O)c1ccc(Cl)s1. The molecule has 144 valence electrons. The van der Waals surface area contributed by atoms with E-state index in [1.807, 2.05) is 0 Å². The van der Waals surface area contributed by atoms with Crippen LogP contribution in [0.4, 0.5) is 4.39 Å². The number of nitrogens with zero attached hydrogens (tertiary/aromatic N) is 1. The fourth-order valence-corrected chi connectivity index (χ4v) is 3.06. The smallest absolute Gasteiger partial charge is 0.348 e. The summed E-state index contributed by atoms with van der Waals surface area (Å²) in [4.78, 5) is 37.6. The van der Waals surface area contributed by atoms with Crippen molar-refractivity contribution in [2.75, 3.05) is 19.7 Å². The Kier molecular flexibility index (Phi) is 7.75. The molecule has 27 heavy (non-hydrogen) atoms. The number of carbonyl (C=O) groups is 3. The van der Waals surface area contributed by atoms with Crippen LogP contribution in [0.3, 0.4) is 0 Å². The minimum absolute atomic E-state index is 0.168. The Morgan fingerprint density at radius 3 is 2.48 bits per heavy atom. The monoisotopic (exact) mass is 412 g/mol. The highest BCUT2D eigenvalue weighted by molar-refractivity contribution is 7.17. The third-order valence-corrected chi connectivity index (χ3v) is 4.78. The Bertz CT molecular complexity index is 810. The Hall–Kier alpha value is -2.45. The number of ether oxygens (including phenoxy) is 1. The van der Waals surface area contributed by atoms with Gasteiger partial charge in [0.1, 0.15) is 10.7 Å². The van der Waals surface area contributed by atoms with E-state index in [0.29, 0.717) is 9.21 Å². The molecular weight excluding hydrogens is 395 g/mol. The molecule has 0 spiro atoms. The summed E-state index contributed by atoms with van der Waals surface area (Å²) in [6, 6.07) is 8.81. The summed E-state index contributed by atoms with van der Waals surface area (Å²) in [5.74, 6) is -1.85. The van der Waals surface area contributed by atoms with Gasteiger partial charge in [-0.3, -0.25) is 9.59 Å². The van der Waals surface area contributed by atoms with Crippen molar-refractivity contribution in [1.82, 2.24) is 10.2 Å². The van der Waals surface area contributed by atoms with Crippen LogP contribution in [-0.4, -0.2) is 42.4 Å². The second-order valence-electron chi connectivity index (χ2n) is 5.49. The molecule has 9 heteroatoms. The zero-order valence-electron chi connectivity index (χ0n) is 14.5. The first-order valence-electron chi connectivity index (χ1n) is 8.10. The lowest BCUT2D eigenvalue weighted by molar-refractivity contribution is -0.138. The largest absolute Gasteiger partial charge is 0.451 e. The molecule has 0 aliphatic carbocycles. The lowest BCUT2D eigenvalue weighted by Gasteiger charge is -2.20. The molecule has 0 fully saturated rings. The van der Waals surface area contributed by atoms with Crippen molar-refractivity contribution in [2.24, 2.45) is 0 Å². The van der Waals surface area contributed by atoms with Crippen LogP contribution in [0.5, 0.6) is 0 Å². The third kappa shape index (κ3) is 6.65. The second kappa shape index (κ2) is 10.0. The molecule has 1 aromatic heterocycles. The number of amides is 2. The van der Waals surface area contributed by atoms with E-state index >= 15 is 0 Å². The van der Waals surface area contributed by atoms with E-state index < -0.39 is 18.5 Å². The topological polar surface area (TPSA) is 75.7 Å². The zero-order valence-corrected chi connectivity index (χ0v) is 16.1. The van der Waals surface area contributed by atoms with E-state index in [2.05, 4.69) is 5.32 Å². The van der Waals surface area contributed by atoms with E-state index in [-0.39, 0.29) is 31.4 Å². The summed E-state index contributed by atoms with van der Waals surface area (Å²) in [7, 11) is 0. The fourth-order valence-electron chi connectivity index (χ4n) is 2.12. The van der Waals surface area contributed by atoms with Gasteiger partial charge in [-0.2, -0.15) is 0 Å². The number of esters is 1. The van der Waals surface area contributed by atoms with Gasteiger partial charge < -0.3 is 15.0 Å². The van der Waals surface area contributed by atoms with Gasteiger partial charge in [0.05, 0.1) is 10.9 Å². The molecule has 1 aromatic carbocycles. The molecule has 0 unspecified atom stereocenters. The average Bonchev–Trinajstić information content (AvgIpc) is 3.10. The van der Waals surface area contributed by atoms with Crippen LogP contribution in [0.1, 0.15) is 22.2 Å². The van der Waals surface area contributed by atoms with Gasteiger partial charge in [-0.05, 0) is 36.8 Å². The van der Waals surface area contributed by atoms with E-state index in [1.54, 1.807) is 25.1 Å². The predicted molar refractivity (Wildman–Crippen MR) is 100 cm³/mol. The molecule has 0 bridgehead atoms. The lowest BCUT2D eigenvalue weighted by Crippen LogP contribution is -2.42. The summed E-state index contributed by atoms with van der Waals surface area (Å²) < 4.78 is 18.3. The average molecular weight is 413 g/mol. The number of hydrogen-bond donors (Lipinski definition) is 1. The highest BCUT2D eigenvalue weighted by Crippen LogP contribution is 2.21. The molecule has 2 aromatic rings. The first kappa shape index (κ1) is 20.9. The minimum Gasteiger partial charge on any atom is -0.451 e. The molecule has 6 nitrogen and oxygen atoms in total. The number of likely N-dealkylation sites (N-methyl/N-ethyl adjacent to an activating group) is 1. The molecule has 2 rings (SSSR count). The van der Waals surface area contributed by atoms with Gasteiger partial charge in [0.15, 0.2) is 6.61 Å². The van der Waals surface area contributed by atoms with Gasteiger partial charge in [0, 0.05) is 13.1 Å². The molecule has 0 saturated heterocycles. The predicted octanol–water partition coefficient (Wildman–Crippen LogP) is 2.86. The van der Waals surface area contributed by atoms with Crippen molar-refractivity contribution in [3.05, 3.63) is 57.0 Å². The van der Waals surface area contributed by atoms with Crippen LogP contribution >= 0.6 is 22.9 Å². The lowest BCUT2D eigenvalue weighted by atomic mass is 10.2. The maximum absolute atomic E-state index is 12.9. The molecule has 0 radical (unpaired) electrons. The molecule has 1 heterocycles. The third-order valence-electron chi connectivity index (χ3n) is 3.57. The number of halogens is 2. The summed E-state index contributed by atoms with van der Waals surface area (Å²) in [5, 5.41) is 2.66. The van der Waals surface area contributed by atoms with Gasteiger partial charge in [-0.25, -0.2) is 9.18 Å². The first-order valence-corrected chi connectivity index (χ1v) is 9.30. The van der Waals surface area contributed by atoms with E-state index in [1.165, 1.54) is 23.1 Å². The zero-order chi connectivity index (χ0) is 19.8. The summed E-state index contributed by atoms with van der Waals surface area (Å²) >= 11 is 6.81. The van der Waals surface area contributed by atoms with Crippen molar-refractivity contribution >= 4 is 40.7 Å². The van der Waals surface area contributed by atoms with Crippen LogP contribution < -0.4 is 5.32 Å². The summed E-state index contributed by atoms with van der Waals surface area (Å²) in [5.41, 5.74) is 0.739. The quantitative estimate of drug-likeness (QED) is 0.676. The van der Waals surface area contributed by atoms with E-state index in [0.717, 1.165) is 16.9 Å². The molecule has 0 saturated carbocycles. The molecule has 0 atom stereocenters. The molecular formula is C18H18ClFN2O4S. The normalized spacial score (nSPS) is 10.3. The Labute approximate surface area is 164 Å². The van der Waals surface area contributed by atoms with Crippen LogP contribution in [0.25, 0.3) is 0 Å². The van der Waals surface area contributed by atoms with Crippen molar-refractivity contribution < 1.29 is 23.5 Å². The van der Waals surface area contributed by atoms with Crippen LogP contribution in [0, 0.1) is 5.82 Å². The number of nitrogens with one attached hydrogen (secondary N) is 1. The number of hydrogen-bond acceptors (Lipinski definition) is 5. The minimum atomic E-state index is -0.642. The highest BCUT2D eigenvalue weighted by Gasteiger charge is 2.18. The molecule has 0 aliphatic heterocycles. The van der Waals surface area contributed by atoms with Crippen molar-refractivity contribution in [2.45, 2.75) is 13.5 Å². The van der Waals surface area contributed by atoms with Crippen molar-refractivity contribution in [3.63, 3.8) is 0 Å². The summed E-state index contributed by atoms with van der Waals surface area (Å²) in [6.45, 7) is 1.59. The Morgan fingerprint density at radius 1 is 1.19 bits per heavy atom. The molecule has 1 N–H and O–H groups in total. The number of rotatable bonds is 8. The Morgan fingerprint density at radius 2 is 1.89 bits per heavy atom. The maximum Gasteiger partial charge on any atom is 0.348 e. The molecule has 0 aliphatic rings. The number of carbonyl (C=O) groups excluding carboxylic acids is 3. The van der Waals surface area contributed by atoms with Gasteiger partial charge in [-0.15, -0.1) is 11.3 Å². The van der Waals surface area contributed by atoms with E-state index in [9.17, 15) is 18.8 Å². The highest BCUT2D eigenvalue weighted by atomic mass is 35.5. The number of thiophene rings is 1. The van der Waals surface area contributed by atoms with Crippen molar-refractivity contribution in [3.8, 4) is 0 Å². The summed E-state index contributed by atoms with van der Waals surface area (Å²) in [6.07, 6.45) is 0. The van der Waals surface area contributed by atoms with Gasteiger partial charge in [0.25, 0.3) is 5.91 Å². The fraction of sp³-hybridized carbons (Fsp3) is 0.278. The van der Waals surface area contributed by atoms with E-state index in [4.69, 9.17) is 16.3 Å². The second-order valence-corrected chi connectivity index (χ2v) is 7.21. The van der Waals surface area contributed by atoms with Crippen LogP contribution in [-0.2, 0) is 20.9 Å². The maximum atomic E-state index is 12.9. The van der Waals surface area contributed by atoms with Gasteiger partial charge in [0.2, 0.25) is 5.91 Å². The molecule has 2 amide bonds.